The highest BCUT2D eigenvalue weighted by Gasteiger charge is 2.46. The third-order valence-corrected chi connectivity index (χ3v) is 3.65. The van der Waals surface area contributed by atoms with Crippen LogP contribution in [0.2, 0.25) is 5.02 Å². The van der Waals surface area contributed by atoms with Gasteiger partial charge in [0, 0.05) is 10.6 Å². The van der Waals surface area contributed by atoms with Crippen molar-refractivity contribution in [2.75, 3.05) is 11.3 Å². The van der Waals surface area contributed by atoms with E-state index in [0.29, 0.717) is 0 Å². The van der Waals surface area contributed by atoms with E-state index in [-0.39, 0.29) is 28.6 Å². The molecule has 0 spiro atoms. The van der Waals surface area contributed by atoms with E-state index in [4.69, 9.17) is 16.4 Å². The SMILES string of the molecule is C=CCO/N=C(\C)c1cc(Cl)ccc1NS(=O)(=O)C(F)(F)F. The molecule has 0 aliphatic rings. The largest absolute Gasteiger partial charge is 0.516 e. The fraction of sp³-hybridized carbons (Fsp3) is 0.250. The summed E-state index contributed by atoms with van der Waals surface area (Å²) in [5.74, 6) is 0. The molecule has 22 heavy (non-hydrogen) atoms. The summed E-state index contributed by atoms with van der Waals surface area (Å²) in [5, 5.41) is 3.85. The van der Waals surface area contributed by atoms with Gasteiger partial charge in [-0.1, -0.05) is 29.4 Å². The van der Waals surface area contributed by atoms with E-state index >= 15 is 0 Å². The Morgan fingerprint density at radius 2 is 2.14 bits per heavy atom. The van der Waals surface area contributed by atoms with Crippen molar-refractivity contribution in [3.05, 3.63) is 41.4 Å². The number of anilines is 1. The Morgan fingerprint density at radius 1 is 1.50 bits per heavy atom. The second-order valence-corrected chi connectivity index (χ2v) is 6.11. The van der Waals surface area contributed by atoms with Gasteiger partial charge < -0.3 is 4.84 Å². The lowest BCUT2D eigenvalue weighted by atomic mass is 10.1. The number of nitrogens with one attached hydrogen (secondary N) is 1. The maximum Gasteiger partial charge on any atom is 0.516 e. The van der Waals surface area contributed by atoms with Crippen LogP contribution in [0, 0.1) is 0 Å². The molecule has 0 unspecified atom stereocenters. The van der Waals surface area contributed by atoms with Crippen molar-refractivity contribution in [1.82, 2.24) is 0 Å². The number of rotatable bonds is 6. The van der Waals surface area contributed by atoms with Crippen LogP contribution in [-0.2, 0) is 14.9 Å². The van der Waals surface area contributed by atoms with Gasteiger partial charge in [0.15, 0.2) is 0 Å². The monoisotopic (exact) mass is 356 g/mol. The average Bonchev–Trinajstić information content (AvgIpc) is 2.39. The van der Waals surface area contributed by atoms with Gasteiger partial charge in [-0.2, -0.15) is 21.6 Å². The molecule has 0 saturated carbocycles. The molecule has 0 atom stereocenters. The Kier molecular flexibility index (Phi) is 5.84. The molecule has 122 valence electrons. The molecule has 0 saturated heterocycles. The molecule has 10 heteroatoms. The first-order valence-electron chi connectivity index (χ1n) is 5.75. The van der Waals surface area contributed by atoms with Crippen LogP contribution in [-0.4, -0.2) is 26.2 Å². The highest BCUT2D eigenvalue weighted by Crippen LogP contribution is 2.28. The quantitative estimate of drug-likeness (QED) is 0.367. The van der Waals surface area contributed by atoms with Crippen LogP contribution in [0.5, 0.6) is 0 Å². The summed E-state index contributed by atoms with van der Waals surface area (Å²) >= 11 is 5.77. The van der Waals surface area contributed by atoms with Gasteiger partial charge in [0.05, 0.1) is 11.4 Å². The van der Waals surface area contributed by atoms with Crippen molar-refractivity contribution in [1.29, 1.82) is 0 Å². The second kappa shape index (κ2) is 7.01. The van der Waals surface area contributed by atoms with Crippen LogP contribution in [0.4, 0.5) is 18.9 Å². The molecular weight excluding hydrogens is 345 g/mol. The maximum absolute atomic E-state index is 12.4. The van der Waals surface area contributed by atoms with E-state index < -0.39 is 15.5 Å². The Hall–Kier alpha value is -1.74. The predicted octanol–water partition coefficient (Wildman–Crippen LogP) is 3.53. The molecule has 1 aromatic rings. The Labute approximate surface area is 130 Å². The van der Waals surface area contributed by atoms with Crippen molar-refractivity contribution in [2.45, 2.75) is 12.4 Å². The smallest absolute Gasteiger partial charge is 0.391 e. The molecular formula is C12H12ClF3N2O3S. The molecule has 0 fully saturated rings. The Balaban J connectivity index is 3.22. The number of benzene rings is 1. The van der Waals surface area contributed by atoms with Crippen molar-refractivity contribution in [2.24, 2.45) is 5.16 Å². The van der Waals surface area contributed by atoms with E-state index in [2.05, 4.69) is 11.7 Å². The van der Waals surface area contributed by atoms with Gasteiger partial charge in [-0.05, 0) is 25.1 Å². The Bertz CT molecular complexity index is 687. The zero-order chi connectivity index (χ0) is 17.0. The summed E-state index contributed by atoms with van der Waals surface area (Å²) in [6, 6.07) is 3.62. The van der Waals surface area contributed by atoms with Crippen molar-refractivity contribution in [3.8, 4) is 0 Å². The van der Waals surface area contributed by atoms with Crippen LogP contribution in [0.3, 0.4) is 0 Å². The van der Waals surface area contributed by atoms with Crippen molar-refractivity contribution < 1.29 is 26.4 Å². The average molecular weight is 357 g/mol. The standard InChI is InChI=1S/C12H12ClF3N2O3S/c1-3-6-21-17-8(2)10-7-9(13)4-5-11(10)18-22(19,20)12(14,15)16/h3-5,7,18H,1,6H2,2H3/b17-8+. The molecule has 1 rings (SSSR count). The summed E-state index contributed by atoms with van der Waals surface area (Å²) in [6.45, 7) is 4.92. The van der Waals surface area contributed by atoms with Crippen LogP contribution < -0.4 is 4.72 Å². The Morgan fingerprint density at radius 3 is 2.68 bits per heavy atom. The third kappa shape index (κ3) is 4.63. The normalized spacial score (nSPS) is 12.9. The third-order valence-electron chi connectivity index (χ3n) is 2.31. The lowest BCUT2D eigenvalue weighted by Gasteiger charge is -2.14. The summed E-state index contributed by atoms with van der Waals surface area (Å²) < 4.78 is 61.1. The van der Waals surface area contributed by atoms with Crippen molar-refractivity contribution >= 4 is 33.0 Å². The molecule has 0 aliphatic heterocycles. The number of hydrogen-bond acceptors (Lipinski definition) is 4. The number of oxime groups is 1. The van der Waals surface area contributed by atoms with Gasteiger partial charge in [-0.25, -0.2) is 0 Å². The summed E-state index contributed by atoms with van der Waals surface area (Å²) in [5.41, 5.74) is -5.55. The van der Waals surface area contributed by atoms with Crippen molar-refractivity contribution in [3.63, 3.8) is 0 Å². The minimum atomic E-state index is -5.55. The first-order valence-corrected chi connectivity index (χ1v) is 7.61. The fourth-order valence-electron chi connectivity index (χ4n) is 1.34. The van der Waals surface area contributed by atoms with E-state index in [9.17, 15) is 21.6 Å². The predicted molar refractivity (Wildman–Crippen MR) is 78.4 cm³/mol. The van der Waals surface area contributed by atoms with Crippen LogP contribution in [0.25, 0.3) is 0 Å². The molecule has 0 amide bonds. The van der Waals surface area contributed by atoms with Crippen LogP contribution in [0.1, 0.15) is 12.5 Å². The highest BCUT2D eigenvalue weighted by molar-refractivity contribution is 7.93. The maximum atomic E-state index is 12.4. The van der Waals surface area contributed by atoms with Gasteiger partial charge in [-0.3, -0.25) is 4.72 Å². The highest BCUT2D eigenvalue weighted by atomic mass is 35.5. The van der Waals surface area contributed by atoms with Gasteiger partial charge in [-0.15, -0.1) is 0 Å². The van der Waals surface area contributed by atoms with Crippen LogP contribution >= 0.6 is 11.6 Å². The zero-order valence-electron chi connectivity index (χ0n) is 11.3. The number of hydrogen-bond donors (Lipinski definition) is 1. The van der Waals surface area contributed by atoms with E-state index in [1.54, 1.807) is 0 Å². The lowest BCUT2D eigenvalue weighted by molar-refractivity contribution is -0.0429. The van der Waals surface area contributed by atoms with E-state index in [1.165, 1.54) is 29.9 Å². The fourth-order valence-corrected chi connectivity index (χ4v) is 2.10. The number of halogens is 4. The summed E-state index contributed by atoms with van der Waals surface area (Å²) in [6.07, 6.45) is 1.42. The molecule has 5 nitrogen and oxygen atoms in total. The molecule has 1 aromatic carbocycles. The molecule has 0 radical (unpaired) electrons. The number of nitrogens with zero attached hydrogens (tertiary/aromatic N) is 1. The second-order valence-electron chi connectivity index (χ2n) is 4.00. The topological polar surface area (TPSA) is 67.8 Å². The number of alkyl halides is 3. The van der Waals surface area contributed by atoms with Gasteiger partial charge >= 0.3 is 15.5 Å². The minimum Gasteiger partial charge on any atom is -0.391 e. The first-order chi connectivity index (χ1) is 10.1. The van der Waals surface area contributed by atoms with Crippen LogP contribution in [0.15, 0.2) is 36.0 Å². The van der Waals surface area contributed by atoms with E-state index in [1.807, 2.05) is 0 Å². The molecule has 0 aromatic heterocycles. The summed E-state index contributed by atoms with van der Waals surface area (Å²) in [7, 11) is -5.55. The molecule has 0 bridgehead atoms. The summed E-state index contributed by atoms with van der Waals surface area (Å²) in [4.78, 5) is 4.82. The minimum absolute atomic E-state index is 0.0596. The molecule has 0 heterocycles. The number of sulfonamides is 1. The zero-order valence-corrected chi connectivity index (χ0v) is 12.9. The molecule has 0 aliphatic carbocycles. The van der Waals surface area contributed by atoms with Gasteiger partial charge in [0.2, 0.25) is 0 Å². The van der Waals surface area contributed by atoms with Gasteiger partial charge in [0.1, 0.15) is 6.61 Å². The first kappa shape index (κ1) is 18.3. The lowest BCUT2D eigenvalue weighted by Crippen LogP contribution is -2.30. The molecule has 1 N–H and O–H groups in total. The van der Waals surface area contributed by atoms with Gasteiger partial charge in [0.25, 0.3) is 0 Å². The van der Waals surface area contributed by atoms with E-state index in [0.717, 1.165) is 6.07 Å².